The van der Waals surface area contributed by atoms with Crippen molar-refractivity contribution in [2.45, 2.75) is 33.8 Å². The Morgan fingerprint density at radius 3 is 2.38 bits per heavy atom. The molecule has 1 heterocycles. The standard InChI is InChI=1S/C16H33N3O2/c1-5-21-13-16(20)12-19-10-8-18(9-11-19)7-6-17-15(4)14(2)3/h14,16,20H,5-13H2,1-4H3. The highest BCUT2D eigenvalue weighted by molar-refractivity contribution is 5.83. The number of ether oxygens (including phenoxy) is 1. The lowest BCUT2D eigenvalue weighted by Gasteiger charge is -2.35. The Labute approximate surface area is 130 Å². The first-order valence-corrected chi connectivity index (χ1v) is 8.24. The zero-order valence-electron chi connectivity index (χ0n) is 14.2. The number of hydrogen-bond acceptors (Lipinski definition) is 5. The van der Waals surface area contributed by atoms with Crippen LogP contribution in [0.5, 0.6) is 0 Å². The molecular weight excluding hydrogens is 266 g/mol. The van der Waals surface area contributed by atoms with Crippen LogP contribution in [0.2, 0.25) is 0 Å². The minimum absolute atomic E-state index is 0.366. The van der Waals surface area contributed by atoms with Gasteiger partial charge in [-0.1, -0.05) is 13.8 Å². The van der Waals surface area contributed by atoms with Crippen molar-refractivity contribution >= 4 is 5.71 Å². The van der Waals surface area contributed by atoms with Crippen molar-refractivity contribution in [3.05, 3.63) is 0 Å². The van der Waals surface area contributed by atoms with Gasteiger partial charge in [-0.2, -0.15) is 0 Å². The highest BCUT2D eigenvalue weighted by atomic mass is 16.5. The summed E-state index contributed by atoms with van der Waals surface area (Å²) < 4.78 is 5.25. The number of nitrogens with zero attached hydrogens (tertiary/aromatic N) is 3. The largest absolute Gasteiger partial charge is 0.389 e. The third-order valence-electron chi connectivity index (χ3n) is 4.06. The molecule has 0 saturated carbocycles. The van der Waals surface area contributed by atoms with Crippen molar-refractivity contribution < 1.29 is 9.84 Å². The van der Waals surface area contributed by atoms with Crippen LogP contribution >= 0.6 is 0 Å². The molecule has 0 bridgehead atoms. The SMILES string of the molecule is CCOCC(O)CN1CCN(CCN=C(C)C(C)C)CC1. The highest BCUT2D eigenvalue weighted by Gasteiger charge is 2.18. The first-order chi connectivity index (χ1) is 10.0. The van der Waals surface area contributed by atoms with Gasteiger partial charge in [-0.05, 0) is 19.8 Å². The van der Waals surface area contributed by atoms with Gasteiger partial charge in [-0.3, -0.25) is 14.8 Å². The van der Waals surface area contributed by atoms with Crippen molar-refractivity contribution in [1.29, 1.82) is 0 Å². The van der Waals surface area contributed by atoms with Crippen molar-refractivity contribution in [2.75, 3.05) is 59.0 Å². The normalized spacial score (nSPS) is 20.2. The zero-order valence-corrected chi connectivity index (χ0v) is 14.2. The smallest absolute Gasteiger partial charge is 0.0900 e. The molecule has 124 valence electrons. The molecule has 1 rings (SSSR count). The zero-order chi connectivity index (χ0) is 15.7. The van der Waals surface area contributed by atoms with Gasteiger partial charge in [0.1, 0.15) is 0 Å². The summed E-state index contributed by atoms with van der Waals surface area (Å²) in [6.07, 6.45) is -0.366. The van der Waals surface area contributed by atoms with Crippen LogP contribution in [0.25, 0.3) is 0 Å². The lowest BCUT2D eigenvalue weighted by atomic mass is 10.1. The molecule has 1 N–H and O–H groups in total. The Morgan fingerprint density at radius 1 is 1.19 bits per heavy atom. The number of hydrogen-bond donors (Lipinski definition) is 1. The van der Waals surface area contributed by atoms with Gasteiger partial charge < -0.3 is 9.84 Å². The predicted molar refractivity (Wildman–Crippen MR) is 88.2 cm³/mol. The average Bonchev–Trinajstić information content (AvgIpc) is 2.46. The molecule has 1 aliphatic heterocycles. The van der Waals surface area contributed by atoms with Crippen molar-refractivity contribution in [1.82, 2.24) is 9.80 Å². The summed E-state index contributed by atoms with van der Waals surface area (Å²) >= 11 is 0. The number of piperazine rings is 1. The molecule has 0 aromatic rings. The third kappa shape index (κ3) is 7.90. The second kappa shape index (κ2) is 10.3. The number of β-amino-alcohol motifs (C(OH)–C–C–N with tert-alkyl or cyclic N) is 1. The average molecular weight is 299 g/mol. The van der Waals surface area contributed by atoms with Gasteiger partial charge in [-0.15, -0.1) is 0 Å². The van der Waals surface area contributed by atoms with Crippen LogP contribution < -0.4 is 0 Å². The summed E-state index contributed by atoms with van der Waals surface area (Å²) in [7, 11) is 0. The second-order valence-electron chi connectivity index (χ2n) is 6.13. The molecule has 0 aliphatic carbocycles. The summed E-state index contributed by atoms with van der Waals surface area (Å²) in [5.41, 5.74) is 1.24. The van der Waals surface area contributed by atoms with E-state index in [0.29, 0.717) is 19.1 Å². The number of aliphatic hydroxyl groups excluding tert-OH is 1. The molecule has 0 amide bonds. The minimum Gasteiger partial charge on any atom is -0.389 e. The highest BCUT2D eigenvalue weighted by Crippen LogP contribution is 2.03. The first-order valence-electron chi connectivity index (χ1n) is 8.24. The second-order valence-corrected chi connectivity index (χ2v) is 6.13. The number of rotatable bonds is 9. The predicted octanol–water partition coefficient (Wildman–Crippen LogP) is 1.12. The molecule has 1 fully saturated rings. The molecule has 5 heteroatoms. The van der Waals surface area contributed by atoms with Gasteiger partial charge >= 0.3 is 0 Å². The Balaban J connectivity index is 2.16. The van der Waals surface area contributed by atoms with Gasteiger partial charge in [0.05, 0.1) is 19.3 Å². The minimum atomic E-state index is -0.366. The van der Waals surface area contributed by atoms with Crippen molar-refractivity contribution in [3.63, 3.8) is 0 Å². The van der Waals surface area contributed by atoms with Crippen LogP contribution in [0.15, 0.2) is 4.99 Å². The topological polar surface area (TPSA) is 48.3 Å². The third-order valence-corrected chi connectivity index (χ3v) is 4.06. The van der Waals surface area contributed by atoms with E-state index in [2.05, 4.69) is 35.6 Å². The quantitative estimate of drug-likeness (QED) is 0.648. The molecule has 21 heavy (non-hydrogen) atoms. The van der Waals surface area contributed by atoms with Crippen LogP contribution in [-0.2, 0) is 4.74 Å². The molecule has 1 atom stereocenters. The fourth-order valence-electron chi connectivity index (χ4n) is 2.35. The summed E-state index contributed by atoms with van der Waals surface area (Å²) in [4.78, 5) is 9.41. The van der Waals surface area contributed by atoms with Crippen LogP contribution in [0, 0.1) is 5.92 Å². The summed E-state index contributed by atoms with van der Waals surface area (Å²) in [6.45, 7) is 16.4. The molecule has 5 nitrogen and oxygen atoms in total. The maximum atomic E-state index is 9.85. The Bertz CT molecular complexity index is 300. The van der Waals surface area contributed by atoms with Gasteiger partial charge in [0.25, 0.3) is 0 Å². The van der Waals surface area contributed by atoms with E-state index >= 15 is 0 Å². The monoisotopic (exact) mass is 299 g/mol. The van der Waals surface area contributed by atoms with Crippen LogP contribution in [0.1, 0.15) is 27.7 Å². The molecule has 0 aromatic carbocycles. The van der Waals surface area contributed by atoms with E-state index in [4.69, 9.17) is 4.74 Å². The molecule has 0 aromatic heterocycles. The molecular formula is C16H33N3O2. The Hall–Kier alpha value is -0.490. The first kappa shape index (κ1) is 18.6. The lowest BCUT2D eigenvalue weighted by Crippen LogP contribution is -2.49. The maximum Gasteiger partial charge on any atom is 0.0900 e. The van der Waals surface area contributed by atoms with E-state index in [1.54, 1.807) is 0 Å². The van der Waals surface area contributed by atoms with Crippen molar-refractivity contribution in [3.8, 4) is 0 Å². The number of aliphatic imine (C=N–C) groups is 1. The van der Waals surface area contributed by atoms with E-state index in [-0.39, 0.29) is 6.10 Å². The molecule has 1 unspecified atom stereocenters. The summed E-state index contributed by atoms with van der Waals surface area (Å²) in [5.74, 6) is 0.550. The van der Waals surface area contributed by atoms with Gasteiger partial charge in [0.15, 0.2) is 0 Å². The maximum absolute atomic E-state index is 9.85. The van der Waals surface area contributed by atoms with Gasteiger partial charge in [0, 0.05) is 51.6 Å². The molecule has 1 saturated heterocycles. The molecule has 1 aliphatic rings. The van der Waals surface area contributed by atoms with Crippen molar-refractivity contribution in [2.24, 2.45) is 10.9 Å². The van der Waals surface area contributed by atoms with Crippen LogP contribution in [-0.4, -0.2) is 85.7 Å². The van der Waals surface area contributed by atoms with E-state index in [0.717, 1.165) is 45.8 Å². The summed E-state index contributed by atoms with van der Waals surface area (Å²) in [5, 5.41) is 9.85. The van der Waals surface area contributed by atoms with Crippen LogP contribution in [0.3, 0.4) is 0 Å². The molecule has 0 radical (unpaired) electrons. The molecule has 0 spiro atoms. The Kier molecular flexibility index (Phi) is 9.08. The van der Waals surface area contributed by atoms with Gasteiger partial charge in [0.2, 0.25) is 0 Å². The number of aliphatic hydroxyl groups is 1. The lowest BCUT2D eigenvalue weighted by molar-refractivity contribution is 0.0111. The Morgan fingerprint density at radius 2 is 1.81 bits per heavy atom. The van der Waals surface area contributed by atoms with Gasteiger partial charge in [-0.25, -0.2) is 0 Å². The van der Waals surface area contributed by atoms with E-state index in [1.807, 2.05) is 6.92 Å². The summed E-state index contributed by atoms with van der Waals surface area (Å²) in [6, 6.07) is 0. The van der Waals surface area contributed by atoms with E-state index in [1.165, 1.54) is 5.71 Å². The fourth-order valence-corrected chi connectivity index (χ4v) is 2.35. The van der Waals surface area contributed by atoms with Crippen LogP contribution in [0.4, 0.5) is 0 Å². The van der Waals surface area contributed by atoms with E-state index < -0.39 is 0 Å². The van der Waals surface area contributed by atoms with E-state index in [9.17, 15) is 5.11 Å². The fraction of sp³-hybridized carbons (Fsp3) is 0.938.